The Hall–Kier alpha value is -0.310. The number of carbonyl (C=O) groups is 1. The van der Waals surface area contributed by atoms with E-state index in [2.05, 4.69) is 43.4 Å². The van der Waals surface area contributed by atoms with Crippen LogP contribution in [0.4, 0.5) is 0 Å². The first-order valence-electron chi connectivity index (χ1n) is 7.95. The van der Waals surface area contributed by atoms with Crippen molar-refractivity contribution in [2.24, 2.45) is 0 Å². The second-order valence-corrected chi connectivity index (χ2v) is 5.06. The van der Waals surface area contributed by atoms with E-state index in [1.54, 1.807) is 0 Å². The number of hydrogen-bond donors (Lipinski definition) is 0. The molecule has 0 aliphatic heterocycles. The van der Waals surface area contributed by atoms with Crippen LogP contribution in [0.3, 0.4) is 0 Å². The Morgan fingerprint density at radius 2 is 1.33 bits per heavy atom. The van der Waals surface area contributed by atoms with E-state index in [0.717, 1.165) is 25.7 Å². The van der Waals surface area contributed by atoms with Crippen molar-refractivity contribution in [2.75, 3.05) is 0 Å². The Morgan fingerprint density at radius 1 is 0.810 bits per heavy atom. The van der Waals surface area contributed by atoms with Gasteiger partial charge in [-0.3, -0.25) is 0 Å². The normalized spacial score (nSPS) is 11.5. The molecule has 2 nitrogen and oxygen atoms in total. The Morgan fingerprint density at radius 3 is 1.90 bits per heavy atom. The van der Waals surface area contributed by atoms with Gasteiger partial charge in [-0.25, -0.2) is 0 Å². The standard InChI is InChI=1S/C18H30O2.Na/c1-2-3-4-5-6-7-8-9-10-11-12-13-14-15-16-17-18(19)20;/h5-10H,2-4,11-17H2,1H3,(H,19,20);/q;+1/p-1/b6-5+,8-7+,10-9-;. The quantitative estimate of drug-likeness (QED) is 0.292. The molecule has 21 heavy (non-hydrogen) atoms. The Kier molecular flexibility index (Phi) is 21.5. The Labute approximate surface area is 152 Å². The Bertz CT molecular complexity index is 306. The maximum Gasteiger partial charge on any atom is 1.00 e. The minimum atomic E-state index is -0.927. The molecule has 0 aromatic rings. The monoisotopic (exact) mass is 300 g/mol. The number of hydrogen-bond acceptors (Lipinski definition) is 2. The van der Waals surface area contributed by atoms with Gasteiger partial charge < -0.3 is 9.90 Å². The van der Waals surface area contributed by atoms with Crippen molar-refractivity contribution in [1.29, 1.82) is 0 Å². The van der Waals surface area contributed by atoms with Gasteiger partial charge >= 0.3 is 29.6 Å². The van der Waals surface area contributed by atoms with E-state index in [0.29, 0.717) is 0 Å². The van der Waals surface area contributed by atoms with Crippen molar-refractivity contribution < 1.29 is 39.5 Å². The zero-order valence-electron chi connectivity index (χ0n) is 13.9. The van der Waals surface area contributed by atoms with Gasteiger partial charge in [-0.15, -0.1) is 0 Å². The first-order chi connectivity index (χ1) is 9.77. The topological polar surface area (TPSA) is 40.1 Å². The van der Waals surface area contributed by atoms with Crippen LogP contribution in [0.2, 0.25) is 0 Å². The van der Waals surface area contributed by atoms with Crippen molar-refractivity contribution >= 4 is 5.97 Å². The van der Waals surface area contributed by atoms with Crippen molar-refractivity contribution in [3.8, 4) is 0 Å². The van der Waals surface area contributed by atoms with E-state index in [1.807, 2.05) is 0 Å². The van der Waals surface area contributed by atoms with E-state index in [4.69, 9.17) is 0 Å². The molecule has 0 rings (SSSR count). The molecule has 0 aliphatic carbocycles. The van der Waals surface area contributed by atoms with Crippen molar-refractivity contribution in [3.63, 3.8) is 0 Å². The summed E-state index contributed by atoms with van der Waals surface area (Å²) in [5.41, 5.74) is 0. The zero-order valence-corrected chi connectivity index (χ0v) is 15.9. The molecule has 0 radical (unpaired) electrons. The molecule has 0 unspecified atom stereocenters. The Balaban J connectivity index is 0. The second-order valence-electron chi connectivity index (χ2n) is 5.06. The van der Waals surface area contributed by atoms with Crippen LogP contribution in [-0.4, -0.2) is 5.97 Å². The first-order valence-corrected chi connectivity index (χ1v) is 7.95. The van der Waals surface area contributed by atoms with Gasteiger partial charge in [-0.05, 0) is 32.1 Å². The van der Waals surface area contributed by atoms with Crippen LogP contribution in [0.1, 0.15) is 71.1 Å². The fourth-order valence-corrected chi connectivity index (χ4v) is 1.86. The van der Waals surface area contributed by atoms with Gasteiger partial charge in [0.15, 0.2) is 0 Å². The van der Waals surface area contributed by atoms with Crippen LogP contribution in [0.25, 0.3) is 0 Å². The number of aliphatic carboxylic acids is 1. The van der Waals surface area contributed by atoms with Gasteiger partial charge in [0, 0.05) is 5.97 Å². The third-order valence-electron chi connectivity index (χ3n) is 3.08. The van der Waals surface area contributed by atoms with Crippen molar-refractivity contribution in [1.82, 2.24) is 0 Å². The number of carbonyl (C=O) groups excluding carboxylic acids is 1. The SMILES string of the molecule is CCCC/C=C/C=C/C=C\CCCCCCCC(=O)[O-].[Na+]. The molecular formula is C18H29NaO2. The molecule has 0 aliphatic rings. The van der Waals surface area contributed by atoms with E-state index < -0.39 is 5.97 Å². The molecule has 0 fully saturated rings. The molecule has 0 atom stereocenters. The smallest absolute Gasteiger partial charge is 0.550 e. The number of allylic oxidation sites excluding steroid dienone is 6. The van der Waals surface area contributed by atoms with Gasteiger partial charge in [0.1, 0.15) is 0 Å². The van der Waals surface area contributed by atoms with E-state index in [-0.39, 0.29) is 36.0 Å². The fourth-order valence-electron chi connectivity index (χ4n) is 1.86. The van der Waals surface area contributed by atoms with Crippen LogP contribution >= 0.6 is 0 Å². The number of rotatable bonds is 13. The summed E-state index contributed by atoms with van der Waals surface area (Å²) in [6, 6.07) is 0. The predicted octanol–water partition coefficient (Wildman–Crippen LogP) is 1.33. The van der Waals surface area contributed by atoms with Crippen molar-refractivity contribution in [2.45, 2.75) is 71.1 Å². The summed E-state index contributed by atoms with van der Waals surface area (Å²) in [5, 5.41) is 10.2. The summed E-state index contributed by atoms with van der Waals surface area (Å²) < 4.78 is 0. The van der Waals surface area contributed by atoms with Crippen LogP contribution < -0.4 is 34.7 Å². The fraction of sp³-hybridized carbons (Fsp3) is 0.611. The summed E-state index contributed by atoms with van der Waals surface area (Å²) in [6.45, 7) is 2.20. The molecule has 0 spiro atoms. The van der Waals surface area contributed by atoms with Crippen LogP contribution in [0, 0.1) is 0 Å². The summed E-state index contributed by atoms with van der Waals surface area (Å²) in [6.07, 6.45) is 23.0. The molecule has 0 bridgehead atoms. The van der Waals surface area contributed by atoms with E-state index in [9.17, 15) is 9.90 Å². The largest absolute Gasteiger partial charge is 1.00 e. The van der Waals surface area contributed by atoms with E-state index in [1.165, 1.54) is 32.1 Å². The van der Waals surface area contributed by atoms with Gasteiger partial charge in [-0.1, -0.05) is 75.5 Å². The molecular weight excluding hydrogens is 271 g/mol. The van der Waals surface area contributed by atoms with Gasteiger partial charge in [0.25, 0.3) is 0 Å². The van der Waals surface area contributed by atoms with Gasteiger partial charge in [0.05, 0.1) is 0 Å². The maximum absolute atomic E-state index is 10.2. The van der Waals surface area contributed by atoms with Crippen molar-refractivity contribution in [3.05, 3.63) is 36.5 Å². The maximum atomic E-state index is 10.2. The average Bonchev–Trinajstić information content (AvgIpc) is 2.43. The van der Waals surface area contributed by atoms with Gasteiger partial charge in [-0.2, -0.15) is 0 Å². The van der Waals surface area contributed by atoms with Crippen LogP contribution in [-0.2, 0) is 4.79 Å². The van der Waals surface area contributed by atoms with E-state index >= 15 is 0 Å². The number of carboxylic acids is 1. The predicted molar refractivity (Wildman–Crippen MR) is 84.3 cm³/mol. The number of carboxylic acid groups (broad SMARTS) is 1. The summed E-state index contributed by atoms with van der Waals surface area (Å²) >= 11 is 0. The minimum Gasteiger partial charge on any atom is -0.550 e. The molecule has 0 N–H and O–H groups in total. The summed E-state index contributed by atoms with van der Waals surface area (Å²) in [7, 11) is 0. The minimum absolute atomic E-state index is 0. The molecule has 0 saturated heterocycles. The molecule has 0 aromatic carbocycles. The average molecular weight is 300 g/mol. The second kappa shape index (κ2) is 19.7. The molecule has 0 aromatic heterocycles. The third kappa shape index (κ3) is 22.1. The van der Waals surface area contributed by atoms with Crippen LogP contribution in [0.5, 0.6) is 0 Å². The summed E-state index contributed by atoms with van der Waals surface area (Å²) in [4.78, 5) is 10.2. The molecule has 0 heterocycles. The number of unbranched alkanes of at least 4 members (excludes halogenated alkanes) is 7. The van der Waals surface area contributed by atoms with Crippen LogP contribution in [0.15, 0.2) is 36.5 Å². The first kappa shape index (κ1) is 23.0. The zero-order chi connectivity index (χ0) is 14.9. The molecule has 3 heteroatoms. The van der Waals surface area contributed by atoms with Gasteiger partial charge in [0.2, 0.25) is 0 Å². The molecule has 0 saturated carbocycles. The molecule has 0 amide bonds. The third-order valence-corrected chi connectivity index (χ3v) is 3.08. The molecule has 114 valence electrons. The summed E-state index contributed by atoms with van der Waals surface area (Å²) in [5.74, 6) is -0.927.